The molecule has 0 aromatic carbocycles. The van der Waals surface area contributed by atoms with E-state index in [0.29, 0.717) is 10.8 Å². The molecule has 0 aromatic heterocycles. The first kappa shape index (κ1) is 23.4. The molecule has 2 heteroatoms. The van der Waals surface area contributed by atoms with Crippen LogP contribution < -0.4 is 0 Å². The lowest BCUT2D eigenvalue weighted by Gasteiger charge is -2.58. The summed E-state index contributed by atoms with van der Waals surface area (Å²) in [5, 5.41) is 0. The third-order valence-electron chi connectivity index (χ3n) is 10.6. The van der Waals surface area contributed by atoms with E-state index in [1.807, 2.05) is 0 Å². The van der Waals surface area contributed by atoms with E-state index in [1.54, 1.807) is 12.5 Å². The van der Waals surface area contributed by atoms with Gasteiger partial charge >= 0.3 is 5.97 Å². The smallest absolute Gasteiger partial charge is 0.302 e. The summed E-state index contributed by atoms with van der Waals surface area (Å²) in [5.74, 6) is 5.19. The molecule has 0 saturated heterocycles. The molecule has 0 aliphatic heterocycles. The highest BCUT2D eigenvalue weighted by molar-refractivity contribution is 5.66. The number of hydrogen-bond donors (Lipinski definition) is 0. The number of esters is 1. The molecule has 2 nitrogen and oxygen atoms in total. The first-order chi connectivity index (χ1) is 14.6. The lowest BCUT2D eigenvalue weighted by molar-refractivity contribution is -0.148. The van der Waals surface area contributed by atoms with E-state index < -0.39 is 0 Å². The van der Waals surface area contributed by atoms with Crippen LogP contribution in [0.15, 0.2) is 11.6 Å². The van der Waals surface area contributed by atoms with Crippen LogP contribution in [0.1, 0.15) is 112 Å². The topological polar surface area (TPSA) is 26.3 Å². The Hall–Kier alpha value is -0.790. The minimum atomic E-state index is -0.115. The Labute approximate surface area is 192 Å². The van der Waals surface area contributed by atoms with Crippen molar-refractivity contribution >= 4 is 5.97 Å². The molecule has 3 saturated carbocycles. The SMILES string of the molecule is CC(=O)O[C@H]1CC[C@]2(C)C(=CC[C@H]3[C@@H]4CC[C@H]([C@H](C)CCCC(C)C)[C@@]4(C)CC[C@@H]32)C1. The minimum Gasteiger partial charge on any atom is -0.462 e. The van der Waals surface area contributed by atoms with Crippen LogP contribution in [-0.2, 0) is 9.53 Å². The van der Waals surface area contributed by atoms with Crippen LogP contribution in [0.2, 0.25) is 0 Å². The molecule has 176 valence electrons. The van der Waals surface area contributed by atoms with Gasteiger partial charge in [-0.05, 0) is 91.3 Å². The zero-order chi connectivity index (χ0) is 22.4. The van der Waals surface area contributed by atoms with Gasteiger partial charge in [-0.2, -0.15) is 0 Å². The summed E-state index contributed by atoms with van der Waals surface area (Å²) < 4.78 is 5.61. The van der Waals surface area contributed by atoms with Crippen molar-refractivity contribution in [1.29, 1.82) is 0 Å². The predicted molar refractivity (Wildman–Crippen MR) is 129 cm³/mol. The minimum absolute atomic E-state index is 0.115. The quantitative estimate of drug-likeness (QED) is 0.317. The van der Waals surface area contributed by atoms with E-state index in [4.69, 9.17) is 4.74 Å². The van der Waals surface area contributed by atoms with Crippen molar-refractivity contribution in [1.82, 2.24) is 0 Å². The standard InChI is InChI=1S/C29H48O2/c1-19(2)8-7-9-20(3)25-12-13-26-24-11-10-22-18-23(31-21(4)30)14-16-28(22,5)27(24)15-17-29(25,26)6/h10,19-20,23-27H,7-9,11-18H2,1-6H3/t20-,23+,24+,25-,26+,27+,28-,29-/m1/s1. The van der Waals surface area contributed by atoms with Gasteiger partial charge in [0.1, 0.15) is 6.10 Å². The number of fused-ring (bicyclic) bond motifs is 5. The van der Waals surface area contributed by atoms with E-state index in [0.717, 1.165) is 48.3 Å². The van der Waals surface area contributed by atoms with Crippen molar-refractivity contribution in [2.24, 2.45) is 46.3 Å². The summed E-state index contributed by atoms with van der Waals surface area (Å²) in [6, 6.07) is 0. The Morgan fingerprint density at radius 2 is 1.84 bits per heavy atom. The summed E-state index contributed by atoms with van der Waals surface area (Å²) in [7, 11) is 0. The van der Waals surface area contributed by atoms with E-state index in [1.165, 1.54) is 57.8 Å². The molecule has 0 amide bonds. The van der Waals surface area contributed by atoms with Crippen LogP contribution in [0.3, 0.4) is 0 Å². The fraction of sp³-hybridized carbons (Fsp3) is 0.897. The fourth-order valence-corrected chi connectivity index (χ4v) is 8.99. The van der Waals surface area contributed by atoms with Gasteiger partial charge in [-0.15, -0.1) is 0 Å². The number of carbonyl (C=O) groups excluding carboxylic acids is 1. The fourth-order valence-electron chi connectivity index (χ4n) is 8.99. The summed E-state index contributed by atoms with van der Waals surface area (Å²) in [6.45, 7) is 14.1. The van der Waals surface area contributed by atoms with Gasteiger partial charge in [0.15, 0.2) is 0 Å². The lowest BCUT2D eigenvalue weighted by Crippen LogP contribution is -2.51. The predicted octanol–water partition coefficient (Wildman–Crippen LogP) is 7.96. The van der Waals surface area contributed by atoms with E-state index in [9.17, 15) is 4.79 Å². The van der Waals surface area contributed by atoms with Crippen molar-refractivity contribution in [3.05, 3.63) is 11.6 Å². The van der Waals surface area contributed by atoms with Crippen LogP contribution in [0.25, 0.3) is 0 Å². The third kappa shape index (κ3) is 4.26. The molecule has 3 fully saturated rings. The molecule has 0 unspecified atom stereocenters. The highest BCUT2D eigenvalue weighted by Crippen LogP contribution is 2.67. The van der Waals surface area contributed by atoms with Crippen molar-refractivity contribution in [3.63, 3.8) is 0 Å². The molecule has 31 heavy (non-hydrogen) atoms. The highest BCUT2D eigenvalue weighted by atomic mass is 16.5. The Morgan fingerprint density at radius 1 is 1.06 bits per heavy atom. The average Bonchev–Trinajstić information content (AvgIpc) is 3.05. The monoisotopic (exact) mass is 428 g/mol. The van der Waals surface area contributed by atoms with Crippen molar-refractivity contribution in [3.8, 4) is 0 Å². The van der Waals surface area contributed by atoms with Gasteiger partial charge in [-0.3, -0.25) is 4.79 Å². The number of rotatable bonds is 6. The van der Waals surface area contributed by atoms with Crippen molar-refractivity contribution < 1.29 is 9.53 Å². The molecule has 0 spiro atoms. The van der Waals surface area contributed by atoms with Crippen LogP contribution in [-0.4, -0.2) is 12.1 Å². The largest absolute Gasteiger partial charge is 0.462 e. The molecule has 4 rings (SSSR count). The Morgan fingerprint density at radius 3 is 2.55 bits per heavy atom. The Kier molecular flexibility index (Phi) is 6.68. The zero-order valence-electron chi connectivity index (χ0n) is 21.2. The summed E-state index contributed by atoms with van der Waals surface area (Å²) in [4.78, 5) is 11.5. The van der Waals surface area contributed by atoms with Crippen LogP contribution in [0.4, 0.5) is 0 Å². The van der Waals surface area contributed by atoms with Crippen LogP contribution in [0.5, 0.6) is 0 Å². The van der Waals surface area contributed by atoms with Gasteiger partial charge in [0.25, 0.3) is 0 Å². The van der Waals surface area contributed by atoms with Gasteiger partial charge in [0, 0.05) is 13.3 Å². The van der Waals surface area contributed by atoms with E-state index >= 15 is 0 Å². The maximum atomic E-state index is 11.5. The molecule has 4 aliphatic rings. The van der Waals surface area contributed by atoms with Crippen LogP contribution >= 0.6 is 0 Å². The Balaban J connectivity index is 1.47. The number of ether oxygens (including phenoxy) is 1. The molecule has 0 radical (unpaired) electrons. The van der Waals surface area contributed by atoms with Gasteiger partial charge in [-0.1, -0.05) is 65.5 Å². The number of hydrogen-bond acceptors (Lipinski definition) is 2. The molecule has 0 bridgehead atoms. The summed E-state index contributed by atoms with van der Waals surface area (Å²) in [6.07, 6.45) is 17.2. The molecule has 0 N–H and O–H groups in total. The Bertz CT molecular complexity index is 693. The van der Waals surface area contributed by atoms with Gasteiger partial charge in [0.2, 0.25) is 0 Å². The molecular formula is C29H48O2. The van der Waals surface area contributed by atoms with Gasteiger partial charge in [0.05, 0.1) is 0 Å². The molecular weight excluding hydrogens is 380 g/mol. The highest BCUT2D eigenvalue weighted by Gasteiger charge is 2.59. The molecule has 0 heterocycles. The van der Waals surface area contributed by atoms with Crippen LogP contribution in [0, 0.1) is 46.3 Å². The number of allylic oxidation sites excluding steroid dienone is 1. The van der Waals surface area contributed by atoms with Crippen molar-refractivity contribution in [2.45, 2.75) is 118 Å². The molecule has 8 atom stereocenters. The second-order valence-corrected chi connectivity index (χ2v) is 12.8. The van der Waals surface area contributed by atoms with E-state index in [-0.39, 0.29) is 12.1 Å². The normalized spacial score (nSPS) is 42.9. The first-order valence-corrected chi connectivity index (χ1v) is 13.5. The molecule has 0 aromatic rings. The third-order valence-corrected chi connectivity index (χ3v) is 10.6. The zero-order valence-corrected chi connectivity index (χ0v) is 21.2. The maximum absolute atomic E-state index is 11.5. The second-order valence-electron chi connectivity index (χ2n) is 12.8. The van der Waals surface area contributed by atoms with Gasteiger partial charge in [-0.25, -0.2) is 0 Å². The summed E-state index contributed by atoms with van der Waals surface area (Å²) in [5.41, 5.74) is 2.53. The van der Waals surface area contributed by atoms with Crippen molar-refractivity contribution in [2.75, 3.05) is 0 Å². The second kappa shape index (κ2) is 8.86. The average molecular weight is 429 g/mol. The summed E-state index contributed by atoms with van der Waals surface area (Å²) >= 11 is 0. The maximum Gasteiger partial charge on any atom is 0.302 e. The first-order valence-electron chi connectivity index (χ1n) is 13.5. The lowest BCUT2D eigenvalue weighted by atomic mass is 9.47. The number of carbonyl (C=O) groups is 1. The van der Waals surface area contributed by atoms with Gasteiger partial charge < -0.3 is 4.74 Å². The van der Waals surface area contributed by atoms with E-state index in [2.05, 4.69) is 40.7 Å². The molecule has 4 aliphatic carbocycles.